The van der Waals surface area contributed by atoms with E-state index in [2.05, 4.69) is 20.3 Å². The molecule has 10 nitrogen and oxygen atoms in total. The van der Waals surface area contributed by atoms with E-state index in [0.29, 0.717) is 11.6 Å². The Bertz CT molecular complexity index is 1230. The predicted octanol–water partition coefficient (Wildman–Crippen LogP) is 0.217. The van der Waals surface area contributed by atoms with E-state index in [1.807, 2.05) is 24.3 Å². The van der Waals surface area contributed by atoms with Crippen molar-refractivity contribution in [3.63, 3.8) is 0 Å². The second-order valence-corrected chi connectivity index (χ2v) is 5.74. The number of hydrogen-bond acceptors (Lipinski definition) is 6. The summed E-state index contributed by atoms with van der Waals surface area (Å²) in [6.45, 7) is 0. The third-order valence-corrected chi connectivity index (χ3v) is 4.18. The summed E-state index contributed by atoms with van der Waals surface area (Å²) in [5.74, 6) is 1.04. The third kappa shape index (κ3) is 2.31. The summed E-state index contributed by atoms with van der Waals surface area (Å²) in [5.41, 5.74) is 1.09. The molecule has 0 aliphatic rings. The summed E-state index contributed by atoms with van der Waals surface area (Å²) in [6.07, 6.45) is 1.68. The van der Waals surface area contributed by atoms with Crippen molar-refractivity contribution in [1.29, 1.82) is 0 Å². The number of ether oxygens (including phenoxy) is 1. The zero-order valence-electron chi connectivity index (χ0n) is 14.3. The second kappa shape index (κ2) is 5.69. The van der Waals surface area contributed by atoms with Gasteiger partial charge in [0.05, 0.1) is 13.3 Å². The zero-order chi connectivity index (χ0) is 18.4. The molecule has 0 bridgehead atoms. The highest BCUT2D eigenvalue weighted by Crippen LogP contribution is 2.20. The first kappa shape index (κ1) is 15.8. The highest BCUT2D eigenvalue weighted by molar-refractivity contribution is 5.71. The maximum absolute atomic E-state index is 12.3. The lowest BCUT2D eigenvalue weighted by molar-refractivity contribution is 0.415. The van der Waals surface area contributed by atoms with Crippen LogP contribution in [0.4, 0.5) is 0 Å². The van der Waals surface area contributed by atoms with Crippen LogP contribution in [0.1, 0.15) is 0 Å². The Morgan fingerprint density at radius 2 is 1.81 bits per heavy atom. The molecule has 3 aromatic heterocycles. The topological polar surface area (TPSA) is 113 Å². The molecule has 1 N–H and O–H groups in total. The van der Waals surface area contributed by atoms with Crippen LogP contribution >= 0.6 is 0 Å². The van der Waals surface area contributed by atoms with Crippen molar-refractivity contribution in [3.05, 3.63) is 51.3 Å². The van der Waals surface area contributed by atoms with Crippen LogP contribution in [0.5, 0.6) is 5.75 Å². The average Bonchev–Trinajstić information content (AvgIpc) is 3.32. The Kier molecular flexibility index (Phi) is 3.46. The van der Waals surface area contributed by atoms with Crippen LogP contribution in [-0.4, -0.2) is 41.2 Å². The van der Waals surface area contributed by atoms with Crippen molar-refractivity contribution in [2.75, 3.05) is 7.11 Å². The van der Waals surface area contributed by atoms with Crippen molar-refractivity contribution in [2.24, 2.45) is 14.1 Å². The molecule has 0 saturated heterocycles. The normalized spacial score (nSPS) is 11.2. The average molecular weight is 353 g/mol. The number of nitrogens with one attached hydrogen (secondary N) is 1. The molecular formula is C16H15N7O3. The number of methoxy groups -OCH3 is 1. The van der Waals surface area contributed by atoms with Crippen LogP contribution in [0.15, 0.2) is 40.1 Å². The molecule has 0 unspecified atom stereocenters. The van der Waals surface area contributed by atoms with E-state index < -0.39 is 11.2 Å². The van der Waals surface area contributed by atoms with Crippen LogP contribution in [0, 0.1) is 0 Å². The maximum Gasteiger partial charge on any atom is 0.332 e. The van der Waals surface area contributed by atoms with Gasteiger partial charge in [0.1, 0.15) is 11.4 Å². The molecule has 10 heteroatoms. The Morgan fingerprint density at radius 3 is 2.50 bits per heavy atom. The van der Waals surface area contributed by atoms with E-state index in [9.17, 15) is 9.59 Å². The van der Waals surface area contributed by atoms with Crippen LogP contribution in [-0.2, 0) is 14.1 Å². The summed E-state index contributed by atoms with van der Waals surface area (Å²) in [4.78, 5) is 31.5. The molecule has 0 spiro atoms. The largest absolute Gasteiger partial charge is 0.497 e. The Labute approximate surface area is 146 Å². The molecular weight excluding hydrogens is 338 g/mol. The van der Waals surface area contributed by atoms with Gasteiger partial charge in [-0.25, -0.2) is 4.79 Å². The Hall–Kier alpha value is -3.69. The molecule has 4 aromatic rings. The van der Waals surface area contributed by atoms with Crippen LogP contribution in [0.25, 0.3) is 28.4 Å². The summed E-state index contributed by atoms with van der Waals surface area (Å²) in [7, 11) is 4.57. The Balaban J connectivity index is 1.80. The lowest BCUT2D eigenvalue weighted by Gasteiger charge is -2.00. The predicted molar refractivity (Wildman–Crippen MR) is 93.5 cm³/mol. The zero-order valence-corrected chi connectivity index (χ0v) is 14.3. The highest BCUT2D eigenvalue weighted by atomic mass is 16.5. The molecule has 0 radical (unpaired) electrons. The van der Waals surface area contributed by atoms with E-state index in [1.54, 1.807) is 20.4 Å². The number of imidazole rings is 1. The van der Waals surface area contributed by atoms with E-state index in [1.165, 1.54) is 16.3 Å². The molecule has 4 rings (SSSR count). The standard InChI is InChI=1S/C16H15N7O3/c1-21-13-12(14(24)22(2)16(21)25)17-15(18-13)23-8-11(19-20-23)9-4-6-10(26-3)7-5-9/h4-8H,1-3H3,(H,17,18). The number of aryl methyl sites for hydroxylation is 1. The summed E-state index contributed by atoms with van der Waals surface area (Å²) in [6, 6.07) is 7.39. The number of nitrogens with zero attached hydrogens (tertiary/aromatic N) is 6. The van der Waals surface area contributed by atoms with Crippen LogP contribution in [0.3, 0.4) is 0 Å². The molecule has 0 aliphatic heterocycles. The van der Waals surface area contributed by atoms with E-state index in [4.69, 9.17) is 4.74 Å². The van der Waals surface area contributed by atoms with Gasteiger partial charge in [-0.3, -0.25) is 13.9 Å². The number of rotatable bonds is 3. The van der Waals surface area contributed by atoms with Gasteiger partial charge in [0.15, 0.2) is 11.2 Å². The molecule has 0 aliphatic carbocycles. The fraction of sp³-hybridized carbons (Fsp3) is 0.188. The smallest absolute Gasteiger partial charge is 0.332 e. The maximum atomic E-state index is 12.3. The van der Waals surface area contributed by atoms with Crippen molar-refractivity contribution in [3.8, 4) is 23.0 Å². The SMILES string of the molecule is COc1ccc(-c2cn(-c3nc4c([nH]3)c(=O)n(C)c(=O)n4C)nn2)cc1. The van der Waals surface area contributed by atoms with Crippen molar-refractivity contribution in [2.45, 2.75) is 0 Å². The van der Waals surface area contributed by atoms with Gasteiger partial charge < -0.3 is 9.72 Å². The van der Waals surface area contributed by atoms with Crippen molar-refractivity contribution in [1.82, 2.24) is 34.1 Å². The van der Waals surface area contributed by atoms with Gasteiger partial charge in [-0.1, -0.05) is 5.21 Å². The van der Waals surface area contributed by atoms with Crippen LogP contribution < -0.4 is 16.0 Å². The van der Waals surface area contributed by atoms with E-state index in [0.717, 1.165) is 15.9 Å². The van der Waals surface area contributed by atoms with Gasteiger partial charge in [0, 0.05) is 19.7 Å². The van der Waals surface area contributed by atoms with Crippen molar-refractivity contribution < 1.29 is 4.74 Å². The summed E-state index contributed by atoms with van der Waals surface area (Å²) >= 11 is 0. The molecule has 0 atom stereocenters. The second-order valence-electron chi connectivity index (χ2n) is 5.74. The van der Waals surface area contributed by atoms with Crippen molar-refractivity contribution >= 4 is 11.2 Å². The first-order chi connectivity index (χ1) is 12.5. The molecule has 0 amide bonds. The molecule has 26 heavy (non-hydrogen) atoms. The summed E-state index contributed by atoms with van der Waals surface area (Å²) in [5, 5.41) is 8.18. The van der Waals surface area contributed by atoms with E-state index >= 15 is 0 Å². The number of fused-ring (bicyclic) bond motifs is 1. The number of hydrogen-bond donors (Lipinski definition) is 1. The first-order valence-electron chi connectivity index (χ1n) is 7.72. The van der Waals surface area contributed by atoms with Gasteiger partial charge in [0.2, 0.25) is 5.95 Å². The van der Waals surface area contributed by atoms with Gasteiger partial charge in [0.25, 0.3) is 5.56 Å². The van der Waals surface area contributed by atoms with Gasteiger partial charge in [-0.2, -0.15) is 9.67 Å². The molecule has 132 valence electrons. The lowest BCUT2D eigenvalue weighted by Crippen LogP contribution is -2.36. The number of aromatic nitrogens is 7. The Morgan fingerprint density at radius 1 is 1.08 bits per heavy atom. The minimum absolute atomic E-state index is 0.228. The quantitative estimate of drug-likeness (QED) is 0.564. The lowest BCUT2D eigenvalue weighted by atomic mass is 10.2. The van der Waals surface area contributed by atoms with Gasteiger partial charge in [-0.15, -0.1) is 5.10 Å². The number of H-pyrrole nitrogens is 1. The molecule has 3 heterocycles. The fourth-order valence-corrected chi connectivity index (χ4v) is 2.68. The van der Waals surface area contributed by atoms with Gasteiger partial charge >= 0.3 is 5.69 Å². The molecule has 0 saturated carbocycles. The fourth-order valence-electron chi connectivity index (χ4n) is 2.68. The molecule has 1 aromatic carbocycles. The molecule has 0 fully saturated rings. The minimum Gasteiger partial charge on any atom is -0.497 e. The third-order valence-electron chi connectivity index (χ3n) is 4.18. The summed E-state index contributed by atoms with van der Waals surface area (Å²) < 4.78 is 8.89. The minimum atomic E-state index is -0.447. The number of aromatic amines is 1. The van der Waals surface area contributed by atoms with Crippen LogP contribution in [0.2, 0.25) is 0 Å². The highest BCUT2D eigenvalue weighted by Gasteiger charge is 2.15. The monoisotopic (exact) mass is 353 g/mol. The number of benzene rings is 1. The first-order valence-corrected chi connectivity index (χ1v) is 7.72. The van der Waals surface area contributed by atoms with Gasteiger partial charge in [-0.05, 0) is 24.3 Å². The van der Waals surface area contributed by atoms with E-state index in [-0.39, 0.29) is 11.2 Å².